The molecule has 0 radical (unpaired) electrons. The molecule has 19 heavy (non-hydrogen) atoms. The summed E-state index contributed by atoms with van der Waals surface area (Å²) in [4.78, 5) is 2.31. The van der Waals surface area contributed by atoms with Gasteiger partial charge in [0.05, 0.1) is 0 Å². The normalized spacial score (nSPS) is 18.4. The van der Waals surface area contributed by atoms with Gasteiger partial charge in [-0.2, -0.15) is 0 Å². The first-order valence-corrected chi connectivity index (χ1v) is 7.02. The van der Waals surface area contributed by atoms with Crippen molar-refractivity contribution in [3.63, 3.8) is 0 Å². The van der Waals surface area contributed by atoms with Crippen LogP contribution in [0.3, 0.4) is 0 Å². The summed E-state index contributed by atoms with van der Waals surface area (Å²) >= 11 is 0. The average molecular weight is 261 g/mol. The van der Waals surface area contributed by atoms with Gasteiger partial charge in [-0.15, -0.1) is 0 Å². The Kier molecular flexibility index (Phi) is 3.17. The zero-order chi connectivity index (χ0) is 13.4. The Bertz CT molecular complexity index is 478. The fourth-order valence-corrected chi connectivity index (χ4v) is 2.50. The summed E-state index contributed by atoms with van der Waals surface area (Å²) in [6.45, 7) is 2.03. The van der Waals surface area contributed by atoms with Crippen LogP contribution in [-0.4, -0.2) is 18.9 Å². The fourth-order valence-electron chi connectivity index (χ4n) is 2.50. The van der Waals surface area contributed by atoms with Crippen LogP contribution < -0.4 is 10.6 Å². The minimum atomic E-state index is -0.327. The van der Waals surface area contributed by atoms with E-state index in [4.69, 9.17) is 11.1 Å². The van der Waals surface area contributed by atoms with E-state index in [1.54, 1.807) is 6.07 Å². The lowest BCUT2D eigenvalue weighted by molar-refractivity contribution is 0.625. The van der Waals surface area contributed by atoms with Crippen LogP contribution in [0.25, 0.3) is 0 Å². The summed E-state index contributed by atoms with van der Waals surface area (Å²) in [6.07, 6.45) is 5.16. The Morgan fingerprint density at radius 1 is 1.21 bits per heavy atom. The first kappa shape index (κ1) is 12.5. The van der Waals surface area contributed by atoms with Crippen LogP contribution in [0.4, 0.5) is 10.1 Å². The number of nitrogen functional groups attached to an aromatic ring is 1. The summed E-state index contributed by atoms with van der Waals surface area (Å²) in [5, 5.41) is 7.65. The van der Waals surface area contributed by atoms with Crippen LogP contribution >= 0.6 is 0 Å². The van der Waals surface area contributed by atoms with E-state index in [2.05, 4.69) is 4.90 Å². The van der Waals surface area contributed by atoms with Crippen LogP contribution in [0.5, 0.6) is 0 Å². The molecule has 2 saturated carbocycles. The maximum atomic E-state index is 13.3. The third-order valence-electron chi connectivity index (χ3n) is 3.94. The number of hydrogen-bond donors (Lipinski definition) is 2. The lowest BCUT2D eigenvalue weighted by Gasteiger charge is -2.27. The minimum absolute atomic E-state index is 0.0499. The van der Waals surface area contributed by atoms with Crippen LogP contribution in [0, 0.1) is 23.1 Å². The van der Waals surface area contributed by atoms with Crippen molar-refractivity contribution in [2.45, 2.75) is 25.7 Å². The van der Waals surface area contributed by atoms with E-state index in [-0.39, 0.29) is 11.7 Å². The molecule has 2 aliphatic carbocycles. The number of anilines is 1. The first-order valence-electron chi connectivity index (χ1n) is 7.02. The highest BCUT2D eigenvalue weighted by atomic mass is 19.1. The number of nitrogens with zero attached hydrogens (tertiary/aromatic N) is 1. The van der Waals surface area contributed by atoms with E-state index in [9.17, 15) is 4.39 Å². The first-order chi connectivity index (χ1) is 9.13. The second kappa shape index (κ2) is 4.83. The van der Waals surface area contributed by atoms with Crippen LogP contribution in [0.1, 0.15) is 31.2 Å². The smallest absolute Gasteiger partial charge is 0.125 e. The summed E-state index contributed by atoms with van der Waals surface area (Å²) in [7, 11) is 0. The highest BCUT2D eigenvalue weighted by Crippen LogP contribution is 2.36. The number of rotatable bonds is 6. The van der Waals surface area contributed by atoms with Crippen molar-refractivity contribution in [1.29, 1.82) is 5.41 Å². The quantitative estimate of drug-likeness (QED) is 0.611. The lowest BCUT2D eigenvalue weighted by atomic mass is 10.1. The van der Waals surface area contributed by atoms with Gasteiger partial charge in [-0.1, -0.05) is 0 Å². The Hall–Kier alpha value is -1.58. The highest BCUT2D eigenvalue weighted by Gasteiger charge is 2.30. The molecule has 0 aliphatic heterocycles. The second-order valence-electron chi connectivity index (χ2n) is 5.87. The van der Waals surface area contributed by atoms with Crippen molar-refractivity contribution in [2.75, 3.05) is 18.0 Å². The van der Waals surface area contributed by atoms with Gasteiger partial charge in [0.2, 0.25) is 0 Å². The minimum Gasteiger partial charge on any atom is -0.384 e. The van der Waals surface area contributed by atoms with E-state index in [1.165, 1.54) is 37.8 Å². The summed E-state index contributed by atoms with van der Waals surface area (Å²) in [6, 6.07) is 4.62. The largest absolute Gasteiger partial charge is 0.384 e. The molecule has 4 heteroatoms. The third kappa shape index (κ3) is 3.06. The van der Waals surface area contributed by atoms with Crippen molar-refractivity contribution >= 4 is 11.5 Å². The molecule has 0 aromatic heterocycles. The fraction of sp³-hybridized carbons (Fsp3) is 0.533. The molecular formula is C15H20FN3. The zero-order valence-electron chi connectivity index (χ0n) is 11.0. The molecule has 0 spiro atoms. The Balaban J connectivity index is 1.88. The molecule has 2 fully saturated rings. The van der Waals surface area contributed by atoms with Gasteiger partial charge in [0, 0.05) is 24.3 Å². The van der Waals surface area contributed by atoms with Gasteiger partial charge in [-0.05, 0) is 55.7 Å². The second-order valence-corrected chi connectivity index (χ2v) is 5.87. The molecule has 0 heterocycles. The topological polar surface area (TPSA) is 53.1 Å². The maximum absolute atomic E-state index is 13.3. The number of nitrogens with one attached hydrogen (secondary N) is 1. The molecule has 0 bridgehead atoms. The van der Waals surface area contributed by atoms with E-state index in [0.717, 1.165) is 30.6 Å². The molecule has 3 N–H and O–H groups in total. The van der Waals surface area contributed by atoms with Gasteiger partial charge in [-0.3, -0.25) is 5.41 Å². The summed E-state index contributed by atoms with van der Waals surface area (Å²) in [5.41, 5.74) is 7.06. The number of halogens is 1. The monoisotopic (exact) mass is 261 g/mol. The SMILES string of the molecule is N=C(N)c1cc(F)ccc1N(CC1CC1)CC1CC1. The molecule has 1 aromatic rings. The predicted octanol–water partition coefficient (Wildman–Crippen LogP) is 2.74. The molecule has 0 amide bonds. The van der Waals surface area contributed by atoms with Gasteiger partial charge in [0.25, 0.3) is 0 Å². The van der Waals surface area contributed by atoms with Gasteiger partial charge in [0.1, 0.15) is 11.7 Å². The van der Waals surface area contributed by atoms with Crippen molar-refractivity contribution in [3.8, 4) is 0 Å². The van der Waals surface area contributed by atoms with Crippen LogP contribution in [0.2, 0.25) is 0 Å². The lowest BCUT2D eigenvalue weighted by Crippen LogP contribution is -2.30. The molecule has 102 valence electrons. The Morgan fingerprint density at radius 2 is 1.79 bits per heavy atom. The number of hydrogen-bond acceptors (Lipinski definition) is 2. The number of benzene rings is 1. The molecule has 0 atom stereocenters. The van der Waals surface area contributed by atoms with Gasteiger partial charge >= 0.3 is 0 Å². The van der Waals surface area contributed by atoms with Crippen molar-refractivity contribution in [2.24, 2.45) is 17.6 Å². The standard InChI is InChI=1S/C15H20FN3/c16-12-5-6-14(13(7-12)15(17)18)19(8-10-1-2-10)9-11-3-4-11/h5-7,10-11H,1-4,8-9H2,(H3,17,18). The Morgan fingerprint density at radius 3 is 2.26 bits per heavy atom. The van der Waals surface area contributed by atoms with Gasteiger partial charge in [0.15, 0.2) is 0 Å². The number of nitrogens with two attached hydrogens (primary N) is 1. The number of amidine groups is 1. The van der Waals surface area contributed by atoms with Crippen LogP contribution in [-0.2, 0) is 0 Å². The maximum Gasteiger partial charge on any atom is 0.125 e. The predicted molar refractivity (Wildman–Crippen MR) is 75.1 cm³/mol. The van der Waals surface area contributed by atoms with E-state index in [1.807, 2.05) is 0 Å². The molecule has 0 unspecified atom stereocenters. The van der Waals surface area contributed by atoms with Crippen molar-refractivity contribution in [3.05, 3.63) is 29.6 Å². The van der Waals surface area contributed by atoms with E-state index < -0.39 is 0 Å². The van der Waals surface area contributed by atoms with Gasteiger partial charge in [-0.25, -0.2) is 4.39 Å². The molecule has 3 rings (SSSR count). The summed E-state index contributed by atoms with van der Waals surface area (Å²) in [5.74, 6) is 1.16. The third-order valence-corrected chi connectivity index (χ3v) is 3.94. The average Bonchev–Trinajstić information content (AvgIpc) is 3.23. The van der Waals surface area contributed by atoms with E-state index in [0.29, 0.717) is 5.56 Å². The molecular weight excluding hydrogens is 241 g/mol. The summed E-state index contributed by atoms with van der Waals surface area (Å²) < 4.78 is 13.3. The molecule has 0 saturated heterocycles. The zero-order valence-corrected chi connectivity index (χ0v) is 11.0. The van der Waals surface area contributed by atoms with Crippen molar-refractivity contribution in [1.82, 2.24) is 0 Å². The highest BCUT2D eigenvalue weighted by molar-refractivity contribution is 6.00. The molecule has 2 aliphatic rings. The van der Waals surface area contributed by atoms with Gasteiger partial charge < -0.3 is 10.6 Å². The van der Waals surface area contributed by atoms with Crippen LogP contribution in [0.15, 0.2) is 18.2 Å². The Labute approximate surface area is 113 Å². The molecule has 3 nitrogen and oxygen atoms in total. The van der Waals surface area contributed by atoms with E-state index >= 15 is 0 Å². The van der Waals surface area contributed by atoms with Crippen molar-refractivity contribution < 1.29 is 4.39 Å². The molecule has 1 aromatic carbocycles.